The van der Waals surface area contributed by atoms with Gasteiger partial charge >= 0.3 is 5.69 Å². The van der Waals surface area contributed by atoms with Crippen molar-refractivity contribution in [2.45, 2.75) is 6.92 Å². The largest absolute Gasteiger partial charge is 0.317 e. The summed E-state index contributed by atoms with van der Waals surface area (Å²) in [5.74, 6) is 0. The Balaban J connectivity index is 2.69. The highest BCUT2D eigenvalue weighted by Crippen LogP contribution is 2.35. The maximum absolute atomic E-state index is 11.0. The normalized spacial score (nSPS) is 10.1. The molecule has 6 nitrogen and oxygen atoms in total. The first kappa shape index (κ1) is 12.4. The average molecular weight is 281 g/mol. The summed E-state index contributed by atoms with van der Waals surface area (Å²) in [6, 6.07) is 5.15. The number of nitrogens with zero attached hydrogens (tertiary/aromatic N) is 4. The Bertz CT molecular complexity index is 677. The van der Waals surface area contributed by atoms with Gasteiger partial charge in [-0.2, -0.15) is 5.26 Å². The average Bonchev–Trinajstić information content (AvgIpc) is 2.75. The molecule has 0 radical (unpaired) electrons. The molecule has 18 heavy (non-hydrogen) atoms. The molecule has 0 saturated carbocycles. The van der Waals surface area contributed by atoms with Crippen molar-refractivity contribution in [2.75, 3.05) is 0 Å². The quantitative estimate of drug-likeness (QED) is 0.479. The summed E-state index contributed by atoms with van der Waals surface area (Å²) in [5, 5.41) is 19.7. The van der Waals surface area contributed by atoms with Gasteiger partial charge in [0.05, 0.1) is 9.80 Å². The zero-order valence-electron chi connectivity index (χ0n) is 9.05. The molecule has 2 aromatic heterocycles. The summed E-state index contributed by atoms with van der Waals surface area (Å²) < 4.78 is 0. The predicted octanol–water partition coefficient (Wildman–Crippen LogP) is 2.95. The molecule has 8 heteroatoms. The van der Waals surface area contributed by atoms with Crippen molar-refractivity contribution in [1.82, 2.24) is 9.97 Å². The zero-order valence-corrected chi connectivity index (χ0v) is 10.6. The van der Waals surface area contributed by atoms with E-state index < -0.39 is 4.92 Å². The summed E-state index contributed by atoms with van der Waals surface area (Å²) >= 11 is 6.83. The van der Waals surface area contributed by atoms with Crippen LogP contribution in [-0.4, -0.2) is 14.9 Å². The van der Waals surface area contributed by atoms with E-state index in [2.05, 4.69) is 9.97 Å². The fourth-order valence-corrected chi connectivity index (χ4v) is 2.45. The van der Waals surface area contributed by atoms with Crippen molar-refractivity contribution in [1.29, 1.82) is 5.26 Å². The maximum Gasteiger partial charge on any atom is 0.317 e. The van der Waals surface area contributed by atoms with Crippen LogP contribution >= 0.6 is 22.9 Å². The van der Waals surface area contributed by atoms with Crippen molar-refractivity contribution < 1.29 is 4.92 Å². The van der Waals surface area contributed by atoms with Gasteiger partial charge in [-0.1, -0.05) is 0 Å². The number of nitriles is 1. The van der Waals surface area contributed by atoms with Gasteiger partial charge in [-0.15, -0.1) is 11.3 Å². The van der Waals surface area contributed by atoms with Crippen LogP contribution in [0.2, 0.25) is 5.28 Å². The number of aryl methyl sites for hydroxylation is 1. The van der Waals surface area contributed by atoms with Crippen molar-refractivity contribution in [3.05, 3.63) is 38.1 Å². The van der Waals surface area contributed by atoms with E-state index in [1.54, 1.807) is 12.1 Å². The molecule has 0 fully saturated rings. The number of nitro groups is 1. The monoisotopic (exact) mass is 280 g/mol. The molecule has 0 unspecified atom stereocenters. The molecule has 0 aliphatic carbocycles. The third kappa shape index (κ3) is 2.16. The first-order valence-corrected chi connectivity index (χ1v) is 5.91. The molecule has 0 aliphatic rings. The summed E-state index contributed by atoms with van der Waals surface area (Å²) in [7, 11) is 0. The van der Waals surface area contributed by atoms with Crippen LogP contribution in [0.1, 0.15) is 10.6 Å². The fourth-order valence-electron chi connectivity index (χ4n) is 1.45. The Labute approximate surface area is 111 Å². The molecule has 2 rings (SSSR count). The van der Waals surface area contributed by atoms with Crippen LogP contribution in [0.4, 0.5) is 5.69 Å². The van der Waals surface area contributed by atoms with Gasteiger partial charge in [0.25, 0.3) is 0 Å². The Morgan fingerprint density at radius 2 is 2.22 bits per heavy atom. The molecular formula is C10H5ClN4O2S. The Morgan fingerprint density at radius 3 is 2.78 bits per heavy atom. The minimum Gasteiger partial charge on any atom is -0.258 e. The van der Waals surface area contributed by atoms with E-state index in [0.29, 0.717) is 9.75 Å². The first-order chi connectivity index (χ1) is 8.52. The SMILES string of the molecule is Cc1nc(Cl)nc(-c2ccc(C#N)s2)c1[N+](=O)[O-]. The molecule has 0 bridgehead atoms. The highest BCUT2D eigenvalue weighted by Gasteiger charge is 2.23. The van der Waals surface area contributed by atoms with Gasteiger partial charge in [0.1, 0.15) is 16.6 Å². The van der Waals surface area contributed by atoms with E-state index in [4.69, 9.17) is 16.9 Å². The lowest BCUT2D eigenvalue weighted by Gasteiger charge is -2.02. The van der Waals surface area contributed by atoms with Gasteiger partial charge in [-0.3, -0.25) is 10.1 Å². The Morgan fingerprint density at radius 1 is 1.50 bits per heavy atom. The van der Waals surface area contributed by atoms with Crippen LogP contribution < -0.4 is 0 Å². The van der Waals surface area contributed by atoms with E-state index in [0.717, 1.165) is 11.3 Å². The number of hydrogen-bond donors (Lipinski definition) is 0. The van der Waals surface area contributed by atoms with E-state index in [1.807, 2.05) is 6.07 Å². The number of rotatable bonds is 2. The summed E-state index contributed by atoms with van der Waals surface area (Å²) in [6.45, 7) is 1.49. The zero-order chi connectivity index (χ0) is 13.3. The standard InChI is InChI=1S/C10H5ClN4O2S/c1-5-9(15(16)17)8(14-10(11)13-5)7-3-2-6(4-12)18-7/h2-3H,1H3. The Hall–Kier alpha value is -2.04. The number of thiophene rings is 1. The predicted molar refractivity (Wildman–Crippen MR) is 66.5 cm³/mol. The summed E-state index contributed by atoms with van der Waals surface area (Å²) in [6.07, 6.45) is 0. The lowest BCUT2D eigenvalue weighted by molar-refractivity contribution is -0.385. The van der Waals surface area contributed by atoms with Gasteiger partial charge in [-0.25, -0.2) is 9.97 Å². The fraction of sp³-hybridized carbons (Fsp3) is 0.100. The minimum absolute atomic E-state index is 0.0555. The van der Waals surface area contributed by atoms with Gasteiger partial charge in [-0.05, 0) is 30.7 Å². The molecule has 2 aromatic rings. The molecule has 0 N–H and O–H groups in total. The number of hydrogen-bond acceptors (Lipinski definition) is 6. The van der Waals surface area contributed by atoms with Crippen molar-refractivity contribution in [3.63, 3.8) is 0 Å². The lowest BCUT2D eigenvalue weighted by atomic mass is 10.2. The maximum atomic E-state index is 11.0. The van der Waals surface area contributed by atoms with Gasteiger partial charge in [0, 0.05) is 0 Å². The van der Waals surface area contributed by atoms with Crippen LogP contribution in [-0.2, 0) is 0 Å². The second kappa shape index (κ2) is 4.68. The third-order valence-electron chi connectivity index (χ3n) is 2.16. The number of aromatic nitrogens is 2. The highest BCUT2D eigenvalue weighted by molar-refractivity contribution is 7.16. The molecule has 0 aliphatic heterocycles. The molecule has 90 valence electrons. The smallest absolute Gasteiger partial charge is 0.258 e. The molecule has 0 atom stereocenters. The summed E-state index contributed by atoms with van der Waals surface area (Å²) in [4.78, 5) is 19.1. The second-order valence-corrected chi connectivity index (χ2v) is 4.73. The van der Waals surface area contributed by atoms with E-state index in [-0.39, 0.29) is 22.4 Å². The van der Waals surface area contributed by atoms with Gasteiger partial charge in [0.2, 0.25) is 5.28 Å². The number of halogens is 1. The summed E-state index contributed by atoms with van der Waals surface area (Å²) in [5.41, 5.74) is 0.150. The van der Waals surface area contributed by atoms with E-state index in [9.17, 15) is 10.1 Å². The van der Waals surface area contributed by atoms with Gasteiger partial charge in [0.15, 0.2) is 5.69 Å². The molecule has 0 spiro atoms. The molecule has 0 aromatic carbocycles. The van der Waals surface area contributed by atoms with Gasteiger partial charge < -0.3 is 0 Å². The van der Waals surface area contributed by atoms with Crippen LogP contribution in [0.15, 0.2) is 12.1 Å². The Kier molecular flexibility index (Phi) is 3.23. The minimum atomic E-state index is -0.549. The van der Waals surface area contributed by atoms with E-state index >= 15 is 0 Å². The van der Waals surface area contributed by atoms with Crippen molar-refractivity contribution in [3.8, 4) is 16.6 Å². The topological polar surface area (TPSA) is 92.7 Å². The van der Waals surface area contributed by atoms with Crippen LogP contribution in [0, 0.1) is 28.4 Å². The second-order valence-electron chi connectivity index (χ2n) is 3.31. The van der Waals surface area contributed by atoms with E-state index in [1.165, 1.54) is 6.92 Å². The third-order valence-corrected chi connectivity index (χ3v) is 3.33. The molecular weight excluding hydrogens is 276 g/mol. The van der Waals surface area contributed by atoms with Crippen LogP contribution in [0.5, 0.6) is 0 Å². The lowest BCUT2D eigenvalue weighted by Crippen LogP contribution is -2.00. The van der Waals surface area contributed by atoms with Crippen molar-refractivity contribution >= 4 is 28.6 Å². The van der Waals surface area contributed by atoms with Crippen LogP contribution in [0.25, 0.3) is 10.6 Å². The molecule has 2 heterocycles. The molecule has 0 amide bonds. The van der Waals surface area contributed by atoms with Crippen molar-refractivity contribution in [2.24, 2.45) is 0 Å². The highest BCUT2D eigenvalue weighted by atomic mass is 35.5. The van der Waals surface area contributed by atoms with Crippen LogP contribution in [0.3, 0.4) is 0 Å². The first-order valence-electron chi connectivity index (χ1n) is 4.71. The molecule has 0 saturated heterocycles.